The lowest BCUT2D eigenvalue weighted by Crippen LogP contribution is -2.47. The minimum Gasteiger partial charge on any atom is -0.495 e. The topological polar surface area (TPSA) is 85.3 Å². The number of halogens is 1. The lowest BCUT2D eigenvalue weighted by atomic mass is 10.1. The molecule has 9 heteroatoms. The summed E-state index contributed by atoms with van der Waals surface area (Å²) < 4.78 is 20.7. The Morgan fingerprint density at radius 1 is 0.811 bits per heavy atom. The summed E-state index contributed by atoms with van der Waals surface area (Å²) in [6.07, 6.45) is 0. The first-order chi connectivity index (χ1) is 18.1. The molecule has 0 unspecified atom stereocenters. The van der Waals surface area contributed by atoms with Crippen molar-refractivity contribution in [2.75, 3.05) is 48.8 Å². The van der Waals surface area contributed by atoms with Crippen LogP contribution in [0.15, 0.2) is 78.9 Å². The van der Waals surface area contributed by atoms with Gasteiger partial charge in [-0.05, 0) is 36.4 Å². The summed E-state index contributed by atoms with van der Waals surface area (Å²) in [6, 6.07) is 24.0. The third-order valence-corrected chi connectivity index (χ3v) is 6.66. The second-order valence-electron chi connectivity index (χ2n) is 8.86. The largest absolute Gasteiger partial charge is 0.495 e. The zero-order valence-corrected chi connectivity index (χ0v) is 20.4. The first kappa shape index (κ1) is 22.8. The van der Waals surface area contributed by atoms with Crippen LogP contribution in [0.2, 0.25) is 0 Å². The Hall–Kier alpha value is -4.66. The molecule has 5 aromatic rings. The summed E-state index contributed by atoms with van der Waals surface area (Å²) in [5.41, 5.74) is 10.5. The second kappa shape index (κ2) is 9.42. The summed E-state index contributed by atoms with van der Waals surface area (Å²) >= 11 is 0. The molecule has 3 heterocycles. The highest BCUT2D eigenvalue weighted by atomic mass is 19.1. The van der Waals surface area contributed by atoms with Gasteiger partial charge >= 0.3 is 0 Å². The number of hydrogen-bond acceptors (Lipinski definition) is 7. The lowest BCUT2D eigenvalue weighted by Gasteiger charge is -2.36. The number of hydrogen-bond donors (Lipinski definition) is 1. The Labute approximate surface area is 213 Å². The van der Waals surface area contributed by atoms with Crippen molar-refractivity contribution < 1.29 is 9.13 Å². The molecule has 8 nitrogen and oxygen atoms in total. The van der Waals surface area contributed by atoms with E-state index in [2.05, 4.69) is 15.9 Å². The highest BCUT2D eigenvalue weighted by Crippen LogP contribution is 2.34. The van der Waals surface area contributed by atoms with Crippen LogP contribution in [0, 0.1) is 5.82 Å². The van der Waals surface area contributed by atoms with Crippen molar-refractivity contribution in [3.05, 3.63) is 84.7 Å². The van der Waals surface area contributed by atoms with Crippen LogP contribution in [-0.4, -0.2) is 53.0 Å². The number of rotatable bonds is 5. The standard InChI is InChI=1S/C28H26FN7O/c1-37-23-10-6-5-9-22(23)34-15-17-35(18-16-34)28-31-25(19-7-3-2-4-8-19)24-26(30)36(33-27(24)32-28)21-13-11-20(29)12-14-21/h2-14H,15-18,30H2,1H3. The number of piperazine rings is 1. The van der Waals surface area contributed by atoms with Gasteiger partial charge in [0.2, 0.25) is 5.95 Å². The third kappa shape index (κ3) is 4.18. The molecule has 2 N–H and O–H groups in total. The molecule has 0 saturated carbocycles. The maximum absolute atomic E-state index is 13.5. The maximum Gasteiger partial charge on any atom is 0.228 e. The normalized spacial score (nSPS) is 13.8. The molecule has 1 saturated heterocycles. The van der Waals surface area contributed by atoms with Crippen molar-refractivity contribution in [3.8, 4) is 22.7 Å². The molecule has 0 atom stereocenters. The summed E-state index contributed by atoms with van der Waals surface area (Å²) in [5, 5.41) is 5.38. The Morgan fingerprint density at radius 2 is 1.49 bits per heavy atom. The van der Waals surface area contributed by atoms with Gasteiger partial charge in [0.1, 0.15) is 17.4 Å². The molecule has 0 bridgehead atoms. The zero-order chi connectivity index (χ0) is 25.4. The van der Waals surface area contributed by atoms with E-state index >= 15 is 0 Å². The minimum atomic E-state index is -0.321. The van der Waals surface area contributed by atoms with Gasteiger partial charge in [-0.1, -0.05) is 42.5 Å². The van der Waals surface area contributed by atoms with E-state index in [0.29, 0.717) is 28.5 Å². The molecule has 0 aliphatic carbocycles. The van der Waals surface area contributed by atoms with Gasteiger partial charge in [-0.3, -0.25) is 0 Å². The summed E-state index contributed by atoms with van der Waals surface area (Å²) in [4.78, 5) is 14.3. The van der Waals surface area contributed by atoms with Crippen molar-refractivity contribution in [3.63, 3.8) is 0 Å². The number of aromatic nitrogens is 4. The summed E-state index contributed by atoms with van der Waals surface area (Å²) in [6.45, 7) is 3.08. The van der Waals surface area contributed by atoms with Crippen LogP contribution >= 0.6 is 0 Å². The smallest absolute Gasteiger partial charge is 0.228 e. The van der Waals surface area contributed by atoms with Gasteiger partial charge < -0.3 is 20.3 Å². The lowest BCUT2D eigenvalue weighted by molar-refractivity contribution is 0.413. The zero-order valence-electron chi connectivity index (χ0n) is 20.4. The predicted molar refractivity (Wildman–Crippen MR) is 144 cm³/mol. The number of fused-ring (bicyclic) bond motifs is 1. The Bertz CT molecular complexity index is 1540. The number of nitrogens with zero attached hydrogens (tertiary/aromatic N) is 6. The van der Waals surface area contributed by atoms with E-state index in [-0.39, 0.29) is 5.82 Å². The van der Waals surface area contributed by atoms with E-state index in [4.69, 9.17) is 25.5 Å². The Kier molecular flexibility index (Phi) is 5.80. The molecule has 0 amide bonds. The summed E-state index contributed by atoms with van der Waals surface area (Å²) in [5.74, 6) is 1.56. The van der Waals surface area contributed by atoms with Crippen LogP contribution < -0.4 is 20.3 Å². The number of benzene rings is 3. The van der Waals surface area contributed by atoms with Crippen molar-refractivity contribution in [2.24, 2.45) is 0 Å². The molecule has 1 aliphatic heterocycles. The number of ether oxygens (including phenoxy) is 1. The second-order valence-corrected chi connectivity index (χ2v) is 8.86. The predicted octanol–water partition coefficient (Wildman–Crippen LogP) is 4.54. The van der Waals surface area contributed by atoms with Gasteiger partial charge in [-0.15, -0.1) is 5.10 Å². The van der Waals surface area contributed by atoms with Crippen LogP contribution in [0.5, 0.6) is 5.75 Å². The molecule has 3 aromatic carbocycles. The van der Waals surface area contributed by atoms with Gasteiger partial charge in [0, 0.05) is 31.7 Å². The van der Waals surface area contributed by atoms with Crippen molar-refractivity contribution in [2.45, 2.75) is 0 Å². The number of anilines is 3. The molecular weight excluding hydrogens is 469 g/mol. The van der Waals surface area contributed by atoms with E-state index in [1.807, 2.05) is 48.5 Å². The first-order valence-corrected chi connectivity index (χ1v) is 12.1. The average molecular weight is 496 g/mol. The fourth-order valence-electron chi connectivity index (χ4n) is 4.76. The molecule has 1 fully saturated rings. The summed E-state index contributed by atoms with van der Waals surface area (Å²) in [7, 11) is 1.69. The fraction of sp³-hybridized carbons (Fsp3) is 0.179. The minimum absolute atomic E-state index is 0.321. The van der Waals surface area contributed by atoms with Gasteiger partial charge in [0.15, 0.2) is 5.65 Å². The van der Waals surface area contributed by atoms with E-state index < -0.39 is 0 Å². The highest BCUT2D eigenvalue weighted by Gasteiger charge is 2.25. The van der Waals surface area contributed by atoms with Crippen molar-refractivity contribution >= 4 is 28.5 Å². The fourth-order valence-corrected chi connectivity index (χ4v) is 4.76. The molecule has 186 valence electrons. The number of nitrogens with two attached hydrogens (primary N) is 1. The SMILES string of the molecule is COc1ccccc1N1CCN(c2nc(-c3ccccc3)c3c(N)n(-c4ccc(F)cc4)nc3n2)CC1. The van der Waals surface area contributed by atoms with Gasteiger partial charge in [-0.25, -0.2) is 14.1 Å². The monoisotopic (exact) mass is 495 g/mol. The molecule has 0 radical (unpaired) electrons. The van der Waals surface area contributed by atoms with Crippen LogP contribution in [0.3, 0.4) is 0 Å². The third-order valence-electron chi connectivity index (χ3n) is 6.66. The van der Waals surface area contributed by atoms with Crippen molar-refractivity contribution in [1.82, 2.24) is 19.7 Å². The van der Waals surface area contributed by atoms with Gasteiger partial charge in [-0.2, -0.15) is 4.98 Å². The number of methoxy groups -OCH3 is 1. The van der Waals surface area contributed by atoms with E-state index in [1.54, 1.807) is 23.9 Å². The maximum atomic E-state index is 13.5. The van der Waals surface area contributed by atoms with E-state index in [0.717, 1.165) is 48.9 Å². The first-order valence-electron chi connectivity index (χ1n) is 12.1. The molecule has 0 spiro atoms. The Morgan fingerprint density at radius 3 is 2.22 bits per heavy atom. The molecular formula is C28H26FN7O. The van der Waals surface area contributed by atoms with Crippen LogP contribution in [0.4, 0.5) is 21.8 Å². The van der Waals surface area contributed by atoms with Crippen molar-refractivity contribution in [1.29, 1.82) is 0 Å². The number of para-hydroxylation sites is 2. The highest BCUT2D eigenvalue weighted by molar-refractivity contribution is 5.99. The number of nitrogen functional groups attached to an aromatic ring is 1. The van der Waals surface area contributed by atoms with Gasteiger partial charge in [0.25, 0.3) is 0 Å². The van der Waals surface area contributed by atoms with E-state index in [9.17, 15) is 4.39 Å². The molecule has 37 heavy (non-hydrogen) atoms. The molecule has 2 aromatic heterocycles. The van der Waals surface area contributed by atoms with Crippen LogP contribution in [0.25, 0.3) is 28.0 Å². The molecule has 6 rings (SSSR count). The van der Waals surface area contributed by atoms with E-state index in [1.165, 1.54) is 12.1 Å². The van der Waals surface area contributed by atoms with Crippen LogP contribution in [-0.2, 0) is 0 Å². The quantitative estimate of drug-likeness (QED) is 0.383. The van der Waals surface area contributed by atoms with Crippen LogP contribution in [0.1, 0.15) is 0 Å². The van der Waals surface area contributed by atoms with Gasteiger partial charge in [0.05, 0.1) is 29.6 Å². The average Bonchev–Trinajstić information content (AvgIpc) is 3.29. The molecule has 1 aliphatic rings. The Balaban J connectivity index is 1.39.